The molecule has 37 heavy (non-hydrogen) atoms. The number of aliphatic carboxylic acids is 1. The Bertz CT molecular complexity index is 1280. The Morgan fingerprint density at radius 2 is 2.19 bits per heavy atom. The van der Waals surface area contributed by atoms with Crippen molar-refractivity contribution in [1.29, 1.82) is 0 Å². The number of carbonyl (C=O) groups excluding carboxylic acids is 3. The quantitative estimate of drug-likeness (QED) is 0.110. The lowest BCUT2D eigenvalue weighted by Crippen LogP contribution is -2.71. The number of carboxylic acids is 1. The number of anilines is 1. The van der Waals surface area contributed by atoms with E-state index < -0.39 is 29.2 Å². The summed E-state index contributed by atoms with van der Waals surface area (Å²) in [6.45, 7) is 0. The second-order valence-electron chi connectivity index (χ2n) is 7.62. The summed E-state index contributed by atoms with van der Waals surface area (Å²) in [6.07, 6.45) is 0.339. The summed E-state index contributed by atoms with van der Waals surface area (Å²) in [5, 5.41) is 27.9. The van der Waals surface area contributed by atoms with Crippen LogP contribution in [0.5, 0.6) is 0 Å². The van der Waals surface area contributed by atoms with E-state index in [0.29, 0.717) is 27.8 Å². The van der Waals surface area contributed by atoms with E-state index in [-0.39, 0.29) is 28.3 Å². The first-order valence-corrected chi connectivity index (χ1v) is 15.5. The van der Waals surface area contributed by atoms with E-state index in [1.807, 2.05) is 0 Å². The monoisotopic (exact) mass is 599 g/mol. The zero-order valence-electron chi connectivity index (χ0n) is 18.6. The van der Waals surface area contributed by atoms with Gasteiger partial charge in [0, 0.05) is 28.4 Å². The van der Waals surface area contributed by atoms with Crippen LogP contribution < -0.4 is 10.6 Å². The number of aromatic nitrogens is 3. The SMILES string of the molecule is O=CNc1nc(C(=NOC2CSC2)C(=O)NC2C(=O)N3C(C(=O)O)=C(CSc4nncs4)CS[C@H]23)cs1. The molecule has 3 aliphatic rings. The third-order valence-electron chi connectivity index (χ3n) is 5.29. The number of fused-ring (bicyclic) bond motifs is 1. The zero-order chi connectivity index (χ0) is 25.9. The number of hydrogen-bond acceptors (Lipinski definition) is 14. The summed E-state index contributed by atoms with van der Waals surface area (Å²) in [5.41, 5.74) is 2.16. The average molecular weight is 600 g/mol. The van der Waals surface area contributed by atoms with Gasteiger partial charge < -0.3 is 20.6 Å². The largest absolute Gasteiger partial charge is 0.477 e. The van der Waals surface area contributed by atoms with Gasteiger partial charge in [-0.05, 0) is 5.57 Å². The third kappa shape index (κ3) is 5.47. The standard InChI is InChI=1S/C19H17N7O6S5/c27-6-20-18-22-10(5-35-18)11(25-32-9-3-33-4-9)14(28)23-12-15(29)26-13(17(30)31)8(1-34-16(12)26)2-36-19-24-21-7-37-19/h5-7,9,12,16H,1-4H2,(H,23,28)(H,30,31)(H,20,22,27)/t12?,16-/m1/s1. The van der Waals surface area contributed by atoms with Gasteiger partial charge in [0.15, 0.2) is 15.2 Å². The molecule has 18 heteroatoms. The molecule has 0 saturated carbocycles. The van der Waals surface area contributed by atoms with Crippen molar-refractivity contribution >= 4 is 93.0 Å². The molecule has 2 aromatic rings. The second kappa shape index (κ2) is 11.4. The lowest BCUT2D eigenvalue weighted by atomic mass is 10.0. The van der Waals surface area contributed by atoms with Crippen LogP contribution in [-0.4, -0.2) is 95.6 Å². The molecular formula is C19H17N7O6S5. The first-order valence-electron chi connectivity index (χ1n) is 10.5. The molecule has 1 unspecified atom stereocenters. The number of rotatable bonds is 11. The highest BCUT2D eigenvalue weighted by molar-refractivity contribution is 8.02. The van der Waals surface area contributed by atoms with E-state index in [0.717, 1.165) is 22.8 Å². The third-order valence-corrected chi connectivity index (χ3v) is 10.6. The van der Waals surface area contributed by atoms with Crippen LogP contribution in [0.2, 0.25) is 0 Å². The summed E-state index contributed by atoms with van der Waals surface area (Å²) in [4.78, 5) is 59.9. The Labute approximate surface area is 229 Å². The minimum Gasteiger partial charge on any atom is -0.477 e. The summed E-state index contributed by atoms with van der Waals surface area (Å²) < 4.78 is 0.701. The van der Waals surface area contributed by atoms with Gasteiger partial charge in [-0.25, -0.2) is 9.78 Å². The van der Waals surface area contributed by atoms with Crippen molar-refractivity contribution in [2.75, 3.05) is 28.3 Å². The number of oxime groups is 1. The highest BCUT2D eigenvalue weighted by Crippen LogP contribution is 2.41. The molecule has 2 aromatic heterocycles. The second-order valence-corrected chi connectivity index (χ2v) is 12.7. The maximum absolute atomic E-state index is 13.2. The molecule has 5 rings (SSSR count). The van der Waals surface area contributed by atoms with Gasteiger partial charge in [0.25, 0.3) is 11.8 Å². The van der Waals surface area contributed by atoms with Gasteiger partial charge in [-0.1, -0.05) is 28.3 Å². The topological polar surface area (TPSA) is 176 Å². The van der Waals surface area contributed by atoms with Gasteiger partial charge in [0.1, 0.15) is 34.4 Å². The maximum atomic E-state index is 13.2. The van der Waals surface area contributed by atoms with Crippen LogP contribution in [0.4, 0.5) is 5.13 Å². The van der Waals surface area contributed by atoms with Crippen molar-refractivity contribution in [2.45, 2.75) is 21.9 Å². The van der Waals surface area contributed by atoms with E-state index in [9.17, 15) is 24.3 Å². The van der Waals surface area contributed by atoms with Crippen LogP contribution in [-0.2, 0) is 24.0 Å². The van der Waals surface area contributed by atoms with Crippen LogP contribution in [0.1, 0.15) is 5.69 Å². The molecule has 3 aliphatic heterocycles. The van der Waals surface area contributed by atoms with Gasteiger partial charge in [0.05, 0.1) is 0 Å². The highest BCUT2D eigenvalue weighted by Gasteiger charge is 2.54. The molecule has 3 N–H and O–H groups in total. The number of carbonyl (C=O) groups is 4. The Hall–Kier alpha value is -2.67. The van der Waals surface area contributed by atoms with Crippen molar-refractivity contribution in [3.05, 3.63) is 27.9 Å². The number of hydrogen-bond donors (Lipinski definition) is 3. The number of carboxylic acid groups (broad SMARTS) is 1. The van der Waals surface area contributed by atoms with Crippen LogP contribution in [0.3, 0.4) is 0 Å². The molecule has 2 atom stereocenters. The number of nitrogens with one attached hydrogen (secondary N) is 2. The van der Waals surface area contributed by atoms with E-state index in [1.165, 1.54) is 39.8 Å². The van der Waals surface area contributed by atoms with Gasteiger partial charge in [-0.15, -0.1) is 33.3 Å². The maximum Gasteiger partial charge on any atom is 0.352 e. The fraction of sp³-hybridized carbons (Fsp3) is 0.368. The lowest BCUT2D eigenvalue weighted by Gasteiger charge is -2.49. The van der Waals surface area contributed by atoms with Gasteiger partial charge in [0.2, 0.25) is 6.41 Å². The molecule has 0 aliphatic carbocycles. The van der Waals surface area contributed by atoms with Crippen molar-refractivity contribution in [3.63, 3.8) is 0 Å². The predicted octanol–water partition coefficient (Wildman–Crippen LogP) is 0.930. The molecular weight excluding hydrogens is 583 g/mol. The smallest absolute Gasteiger partial charge is 0.352 e. The number of thioether (sulfide) groups is 3. The minimum atomic E-state index is -1.21. The normalized spacial score (nSPS) is 21.6. The molecule has 0 bridgehead atoms. The van der Waals surface area contributed by atoms with E-state index in [1.54, 1.807) is 22.7 Å². The first kappa shape index (κ1) is 26.0. The fourth-order valence-electron chi connectivity index (χ4n) is 3.48. The Morgan fingerprint density at radius 1 is 1.35 bits per heavy atom. The van der Waals surface area contributed by atoms with Crippen molar-refractivity contribution < 1.29 is 29.1 Å². The number of nitrogens with zero attached hydrogens (tertiary/aromatic N) is 5. The molecule has 3 amide bonds. The zero-order valence-corrected chi connectivity index (χ0v) is 22.6. The summed E-state index contributed by atoms with van der Waals surface area (Å²) >= 11 is 6.86. The van der Waals surface area contributed by atoms with Crippen LogP contribution in [0.25, 0.3) is 0 Å². The van der Waals surface area contributed by atoms with E-state index in [2.05, 4.69) is 31.0 Å². The molecule has 2 saturated heterocycles. The summed E-state index contributed by atoms with van der Waals surface area (Å²) in [7, 11) is 0. The van der Waals surface area contributed by atoms with Crippen LogP contribution in [0.15, 0.2) is 31.7 Å². The first-order chi connectivity index (χ1) is 18.0. The summed E-state index contributed by atoms with van der Waals surface area (Å²) in [6, 6.07) is -0.945. The molecule has 0 spiro atoms. The van der Waals surface area contributed by atoms with Crippen molar-refractivity contribution in [3.8, 4) is 0 Å². The Morgan fingerprint density at radius 3 is 2.86 bits per heavy atom. The number of thiazole rings is 1. The lowest BCUT2D eigenvalue weighted by molar-refractivity contribution is -0.150. The fourth-order valence-corrected chi connectivity index (χ4v) is 7.66. The van der Waals surface area contributed by atoms with Crippen molar-refractivity contribution in [2.24, 2.45) is 5.16 Å². The molecule has 0 radical (unpaired) electrons. The molecule has 0 aromatic carbocycles. The van der Waals surface area contributed by atoms with Crippen molar-refractivity contribution in [1.82, 2.24) is 25.4 Å². The van der Waals surface area contributed by atoms with E-state index >= 15 is 0 Å². The number of amides is 3. The Balaban J connectivity index is 1.31. The van der Waals surface area contributed by atoms with Gasteiger partial charge in [-0.2, -0.15) is 11.8 Å². The average Bonchev–Trinajstić information content (AvgIpc) is 3.54. The van der Waals surface area contributed by atoms with E-state index in [4.69, 9.17) is 4.84 Å². The van der Waals surface area contributed by atoms with Crippen LogP contribution >= 0.6 is 58.0 Å². The summed E-state index contributed by atoms with van der Waals surface area (Å²) in [5.74, 6) is -0.206. The predicted molar refractivity (Wildman–Crippen MR) is 141 cm³/mol. The molecule has 194 valence electrons. The Kier molecular flexibility index (Phi) is 7.98. The molecule has 2 fully saturated rings. The van der Waals surface area contributed by atoms with Crippen LogP contribution in [0, 0.1) is 0 Å². The molecule has 5 heterocycles. The molecule has 13 nitrogen and oxygen atoms in total. The number of β-lactam (4-membered cyclic amide) rings is 1. The highest BCUT2D eigenvalue weighted by atomic mass is 32.2. The van der Waals surface area contributed by atoms with Gasteiger partial charge in [-0.3, -0.25) is 19.3 Å². The minimum absolute atomic E-state index is 0.0694. The van der Waals surface area contributed by atoms with Gasteiger partial charge >= 0.3 is 5.97 Å².